The average Bonchev–Trinajstić information content (AvgIpc) is 3.13. The number of imide groups is 1. The molecule has 2 aliphatic carbocycles. The van der Waals surface area contributed by atoms with Crippen molar-refractivity contribution in [3.8, 4) is 0 Å². The predicted octanol–water partition coefficient (Wildman–Crippen LogP) is 3.55. The van der Waals surface area contributed by atoms with E-state index in [1.807, 2.05) is 6.08 Å². The predicted molar refractivity (Wildman–Crippen MR) is 76.3 cm³/mol. The number of hydrogen-bond donors (Lipinski definition) is 0. The van der Waals surface area contributed by atoms with E-state index in [0.717, 1.165) is 23.5 Å². The standard InChI is InChI=1S/C17H14F3NO2/c18-17(19,20)12-2-1-3-13(7-12)21-14(22)9-16(15(21)23)8-10-4-5-11(16)6-10/h1-5,7,10-11H,6,8-9H2. The number of rotatable bonds is 1. The highest BCUT2D eigenvalue weighted by Gasteiger charge is 2.61. The van der Waals surface area contributed by atoms with Gasteiger partial charge in [0.15, 0.2) is 0 Å². The van der Waals surface area contributed by atoms with Crippen LogP contribution in [-0.2, 0) is 15.8 Å². The lowest BCUT2D eigenvalue weighted by Crippen LogP contribution is -2.38. The maximum absolute atomic E-state index is 12.9. The first-order valence-corrected chi connectivity index (χ1v) is 7.54. The number of carbonyl (C=O) groups excluding carboxylic acids is 2. The molecule has 120 valence electrons. The van der Waals surface area contributed by atoms with Crippen molar-refractivity contribution in [2.75, 3.05) is 4.90 Å². The molecule has 0 radical (unpaired) electrons. The molecule has 6 heteroatoms. The molecule has 0 N–H and O–H groups in total. The van der Waals surface area contributed by atoms with E-state index in [4.69, 9.17) is 0 Å². The Morgan fingerprint density at radius 1 is 1.17 bits per heavy atom. The van der Waals surface area contributed by atoms with Crippen molar-refractivity contribution in [3.05, 3.63) is 42.0 Å². The van der Waals surface area contributed by atoms with Gasteiger partial charge in [0.25, 0.3) is 0 Å². The second-order valence-electron chi connectivity index (χ2n) is 6.61. The molecule has 1 saturated heterocycles. The molecule has 1 heterocycles. The number of halogens is 3. The van der Waals surface area contributed by atoms with Gasteiger partial charge in [0, 0.05) is 6.42 Å². The van der Waals surface area contributed by atoms with Crippen LogP contribution in [0.1, 0.15) is 24.8 Å². The molecule has 2 amide bonds. The van der Waals surface area contributed by atoms with Crippen molar-refractivity contribution in [2.45, 2.75) is 25.4 Å². The summed E-state index contributed by atoms with van der Waals surface area (Å²) < 4.78 is 38.6. The Bertz CT molecular complexity index is 740. The molecule has 1 aromatic rings. The van der Waals surface area contributed by atoms with Crippen molar-refractivity contribution < 1.29 is 22.8 Å². The van der Waals surface area contributed by atoms with Crippen LogP contribution in [0, 0.1) is 17.3 Å². The van der Waals surface area contributed by atoms with Crippen molar-refractivity contribution in [2.24, 2.45) is 17.3 Å². The van der Waals surface area contributed by atoms with Crippen molar-refractivity contribution >= 4 is 17.5 Å². The fourth-order valence-electron chi connectivity index (χ4n) is 4.25. The molecule has 1 spiro atoms. The van der Waals surface area contributed by atoms with Crippen LogP contribution < -0.4 is 4.90 Å². The minimum Gasteiger partial charge on any atom is -0.274 e. The van der Waals surface area contributed by atoms with Gasteiger partial charge in [0.2, 0.25) is 11.8 Å². The minimum absolute atomic E-state index is 0.0125. The molecule has 3 atom stereocenters. The summed E-state index contributed by atoms with van der Waals surface area (Å²) in [6.45, 7) is 0. The Labute approximate surface area is 130 Å². The van der Waals surface area contributed by atoms with Gasteiger partial charge in [-0.2, -0.15) is 13.2 Å². The number of benzene rings is 1. The van der Waals surface area contributed by atoms with E-state index in [2.05, 4.69) is 6.08 Å². The number of amides is 2. The van der Waals surface area contributed by atoms with Gasteiger partial charge >= 0.3 is 6.18 Å². The van der Waals surface area contributed by atoms with Gasteiger partial charge in [-0.25, -0.2) is 0 Å². The van der Waals surface area contributed by atoms with Gasteiger partial charge in [-0.05, 0) is 42.9 Å². The number of alkyl halides is 3. The van der Waals surface area contributed by atoms with Crippen LogP contribution in [0.2, 0.25) is 0 Å². The average molecular weight is 321 g/mol. The molecule has 1 saturated carbocycles. The molecule has 2 bridgehead atoms. The molecular weight excluding hydrogens is 307 g/mol. The van der Waals surface area contributed by atoms with Crippen LogP contribution in [0.15, 0.2) is 36.4 Å². The summed E-state index contributed by atoms with van der Waals surface area (Å²) in [5, 5.41) is 0. The van der Waals surface area contributed by atoms with E-state index >= 15 is 0 Å². The van der Waals surface area contributed by atoms with Crippen LogP contribution in [-0.4, -0.2) is 11.8 Å². The largest absolute Gasteiger partial charge is 0.416 e. The molecule has 3 unspecified atom stereocenters. The van der Waals surface area contributed by atoms with Gasteiger partial charge in [-0.1, -0.05) is 18.2 Å². The lowest BCUT2D eigenvalue weighted by Gasteiger charge is -2.28. The molecule has 3 nitrogen and oxygen atoms in total. The summed E-state index contributed by atoms with van der Waals surface area (Å²) in [5.74, 6) is -0.424. The monoisotopic (exact) mass is 321 g/mol. The molecule has 4 rings (SSSR count). The van der Waals surface area contributed by atoms with E-state index in [1.54, 1.807) is 0 Å². The SMILES string of the molecule is O=C1CC2(CC3C=CC2C3)C(=O)N1c1cccc(C(F)(F)F)c1. The fourth-order valence-corrected chi connectivity index (χ4v) is 4.25. The smallest absolute Gasteiger partial charge is 0.274 e. The summed E-state index contributed by atoms with van der Waals surface area (Å²) in [7, 11) is 0. The zero-order chi connectivity index (χ0) is 16.4. The number of fused-ring (bicyclic) bond motifs is 3. The first-order valence-electron chi connectivity index (χ1n) is 7.54. The number of nitrogens with zero attached hydrogens (tertiary/aromatic N) is 1. The first-order chi connectivity index (χ1) is 10.8. The van der Waals surface area contributed by atoms with Crippen LogP contribution in [0.4, 0.5) is 18.9 Å². The van der Waals surface area contributed by atoms with Crippen LogP contribution in [0.5, 0.6) is 0 Å². The quantitative estimate of drug-likeness (QED) is 0.586. The molecule has 3 aliphatic rings. The topological polar surface area (TPSA) is 37.4 Å². The third kappa shape index (κ3) is 1.97. The summed E-state index contributed by atoms with van der Waals surface area (Å²) in [5.41, 5.74) is -1.59. The lowest BCUT2D eigenvalue weighted by molar-refractivity contribution is -0.137. The normalized spacial score (nSPS) is 32.6. The number of anilines is 1. The van der Waals surface area contributed by atoms with Gasteiger partial charge in [-0.15, -0.1) is 0 Å². The second-order valence-corrected chi connectivity index (χ2v) is 6.61. The third-order valence-electron chi connectivity index (χ3n) is 5.29. The summed E-state index contributed by atoms with van der Waals surface area (Å²) >= 11 is 0. The van der Waals surface area contributed by atoms with Crippen molar-refractivity contribution in [3.63, 3.8) is 0 Å². The van der Waals surface area contributed by atoms with E-state index in [9.17, 15) is 22.8 Å². The Kier molecular flexibility index (Phi) is 2.81. The van der Waals surface area contributed by atoms with Gasteiger partial charge < -0.3 is 0 Å². The van der Waals surface area contributed by atoms with E-state index in [0.29, 0.717) is 12.3 Å². The fraction of sp³-hybridized carbons (Fsp3) is 0.412. The highest BCUT2D eigenvalue weighted by atomic mass is 19.4. The van der Waals surface area contributed by atoms with Crippen LogP contribution in [0.25, 0.3) is 0 Å². The molecule has 1 aromatic carbocycles. The minimum atomic E-state index is -4.51. The summed E-state index contributed by atoms with van der Waals surface area (Å²) in [4.78, 5) is 26.2. The van der Waals surface area contributed by atoms with Crippen LogP contribution in [0.3, 0.4) is 0 Å². The number of hydrogen-bond acceptors (Lipinski definition) is 2. The Morgan fingerprint density at radius 2 is 1.96 bits per heavy atom. The van der Waals surface area contributed by atoms with Crippen LogP contribution >= 0.6 is 0 Å². The molecule has 2 fully saturated rings. The van der Waals surface area contributed by atoms with E-state index < -0.39 is 23.1 Å². The second kappa shape index (κ2) is 4.46. The third-order valence-corrected chi connectivity index (χ3v) is 5.29. The Morgan fingerprint density at radius 3 is 2.57 bits per heavy atom. The summed E-state index contributed by atoms with van der Waals surface area (Å²) in [6.07, 6.45) is 1.11. The zero-order valence-electron chi connectivity index (χ0n) is 12.1. The molecule has 1 aliphatic heterocycles. The Balaban J connectivity index is 1.72. The van der Waals surface area contributed by atoms with Gasteiger partial charge in [-0.3, -0.25) is 14.5 Å². The summed E-state index contributed by atoms with van der Waals surface area (Å²) in [6, 6.07) is 4.42. The number of carbonyl (C=O) groups is 2. The van der Waals surface area contributed by atoms with Crippen molar-refractivity contribution in [1.82, 2.24) is 0 Å². The molecular formula is C17H14F3NO2. The van der Waals surface area contributed by atoms with Crippen molar-refractivity contribution in [1.29, 1.82) is 0 Å². The maximum Gasteiger partial charge on any atom is 0.416 e. The van der Waals surface area contributed by atoms with Gasteiger partial charge in [0.1, 0.15) is 0 Å². The highest BCUT2D eigenvalue weighted by molar-refractivity contribution is 6.23. The lowest BCUT2D eigenvalue weighted by atomic mass is 9.74. The molecule has 23 heavy (non-hydrogen) atoms. The number of allylic oxidation sites excluding steroid dienone is 2. The highest BCUT2D eigenvalue weighted by Crippen LogP contribution is 2.57. The molecule has 0 aromatic heterocycles. The maximum atomic E-state index is 12.9. The van der Waals surface area contributed by atoms with Gasteiger partial charge in [0.05, 0.1) is 16.7 Å². The first kappa shape index (κ1) is 14.5. The Hall–Kier alpha value is -2.11. The van der Waals surface area contributed by atoms with E-state index in [1.165, 1.54) is 12.1 Å². The van der Waals surface area contributed by atoms with E-state index in [-0.39, 0.29) is 23.9 Å². The zero-order valence-corrected chi connectivity index (χ0v) is 12.1.